The largest absolute Gasteiger partial charge is 0.494 e. The van der Waals surface area contributed by atoms with Crippen LogP contribution in [0.1, 0.15) is 33.2 Å². The summed E-state index contributed by atoms with van der Waals surface area (Å²) >= 11 is 0. The molecule has 0 aliphatic carbocycles. The summed E-state index contributed by atoms with van der Waals surface area (Å²) in [5.74, 6) is -0.136. The minimum Gasteiger partial charge on any atom is -0.494 e. The first-order chi connectivity index (χ1) is 15.8. The Labute approximate surface area is 192 Å². The number of carbonyl (C=O) groups is 2. The molecular formula is C24H24N2O6S. The number of carbonyl (C=O) groups excluding carboxylic acids is 2. The zero-order chi connectivity index (χ0) is 23.8. The Balaban J connectivity index is 1.60. The van der Waals surface area contributed by atoms with Crippen molar-refractivity contribution in [2.24, 2.45) is 0 Å². The van der Waals surface area contributed by atoms with Crippen LogP contribution in [-0.4, -0.2) is 34.0 Å². The second-order valence-corrected chi connectivity index (χ2v) is 8.64. The van der Waals surface area contributed by atoms with Crippen molar-refractivity contribution in [2.45, 2.75) is 18.4 Å². The van der Waals surface area contributed by atoms with Gasteiger partial charge in [-0.3, -0.25) is 9.52 Å². The van der Waals surface area contributed by atoms with E-state index in [0.29, 0.717) is 29.2 Å². The molecule has 172 valence electrons. The molecule has 0 aliphatic rings. The van der Waals surface area contributed by atoms with E-state index in [1.807, 2.05) is 6.92 Å². The fourth-order valence-corrected chi connectivity index (χ4v) is 4.00. The lowest BCUT2D eigenvalue weighted by molar-refractivity contribution is 0.0600. The van der Waals surface area contributed by atoms with Gasteiger partial charge in [0.25, 0.3) is 15.9 Å². The van der Waals surface area contributed by atoms with E-state index in [2.05, 4.69) is 14.8 Å². The molecule has 0 saturated heterocycles. The topological polar surface area (TPSA) is 111 Å². The van der Waals surface area contributed by atoms with Crippen LogP contribution < -0.4 is 14.8 Å². The summed E-state index contributed by atoms with van der Waals surface area (Å²) in [5, 5.41) is 2.76. The van der Waals surface area contributed by atoms with Gasteiger partial charge in [0.05, 0.1) is 24.2 Å². The highest BCUT2D eigenvalue weighted by atomic mass is 32.2. The van der Waals surface area contributed by atoms with E-state index in [-0.39, 0.29) is 17.3 Å². The molecule has 2 N–H and O–H groups in total. The lowest BCUT2D eigenvalue weighted by Gasteiger charge is -2.10. The summed E-state index contributed by atoms with van der Waals surface area (Å²) in [7, 11) is -2.50. The molecule has 0 unspecified atom stereocenters. The molecule has 0 heterocycles. The third-order valence-electron chi connectivity index (χ3n) is 4.67. The van der Waals surface area contributed by atoms with Crippen molar-refractivity contribution in [3.8, 4) is 5.75 Å². The highest BCUT2D eigenvalue weighted by molar-refractivity contribution is 7.92. The van der Waals surface area contributed by atoms with Crippen molar-refractivity contribution in [3.05, 3.63) is 89.5 Å². The highest BCUT2D eigenvalue weighted by Gasteiger charge is 2.15. The maximum atomic E-state index is 12.6. The van der Waals surface area contributed by atoms with Gasteiger partial charge >= 0.3 is 5.97 Å². The monoisotopic (exact) mass is 468 g/mol. The quantitative estimate of drug-likeness (QED) is 0.464. The third-order valence-corrected chi connectivity index (χ3v) is 6.07. The summed E-state index contributed by atoms with van der Waals surface area (Å²) in [6.07, 6.45) is 0. The number of hydrogen-bond donors (Lipinski definition) is 2. The second-order valence-electron chi connectivity index (χ2n) is 6.96. The Kier molecular flexibility index (Phi) is 7.68. The van der Waals surface area contributed by atoms with Gasteiger partial charge in [0, 0.05) is 17.8 Å². The van der Waals surface area contributed by atoms with E-state index in [1.54, 1.807) is 48.5 Å². The molecule has 1 amide bonds. The first-order valence-corrected chi connectivity index (χ1v) is 11.6. The molecule has 8 nitrogen and oxygen atoms in total. The Hall–Kier alpha value is -3.85. The number of methoxy groups -OCH3 is 1. The molecule has 0 spiro atoms. The third kappa shape index (κ3) is 6.33. The molecule has 0 aromatic heterocycles. The summed E-state index contributed by atoms with van der Waals surface area (Å²) in [5.41, 5.74) is 1.94. The molecule has 9 heteroatoms. The molecule has 3 rings (SSSR count). The fourth-order valence-electron chi connectivity index (χ4n) is 2.95. The van der Waals surface area contributed by atoms with Crippen molar-refractivity contribution in [1.29, 1.82) is 0 Å². The zero-order valence-corrected chi connectivity index (χ0v) is 19.0. The number of rotatable bonds is 9. The summed E-state index contributed by atoms with van der Waals surface area (Å²) in [6, 6.07) is 18.9. The van der Waals surface area contributed by atoms with Crippen LogP contribution in [0.4, 0.5) is 5.69 Å². The van der Waals surface area contributed by atoms with Gasteiger partial charge in [0.15, 0.2) is 0 Å². The molecule has 33 heavy (non-hydrogen) atoms. The number of sulfonamides is 1. The SMILES string of the molecule is CCOc1ccc(NS(=O)(=O)c2ccc(C(=O)NCc3ccc(C(=O)OC)cc3)cc2)cc1. The van der Waals surface area contributed by atoms with Crippen LogP contribution in [0.15, 0.2) is 77.7 Å². The lowest BCUT2D eigenvalue weighted by Crippen LogP contribution is -2.23. The molecule has 0 radical (unpaired) electrons. The van der Waals surface area contributed by atoms with Crippen LogP contribution in [0.5, 0.6) is 5.75 Å². The smallest absolute Gasteiger partial charge is 0.337 e. The molecule has 3 aromatic rings. The second kappa shape index (κ2) is 10.6. The standard InChI is InChI=1S/C24H24N2O6S/c1-3-32-21-12-10-20(11-13-21)26-33(29,30)22-14-8-18(9-15-22)23(27)25-16-17-4-6-19(7-5-17)24(28)31-2/h4-15,26H,3,16H2,1-2H3,(H,25,27). The molecule has 0 fully saturated rings. The number of anilines is 1. The van der Waals surface area contributed by atoms with E-state index in [1.165, 1.54) is 31.4 Å². The summed E-state index contributed by atoms with van der Waals surface area (Å²) < 4.78 is 37.7. The Morgan fingerprint density at radius 3 is 2.03 bits per heavy atom. The van der Waals surface area contributed by atoms with Crippen molar-refractivity contribution < 1.29 is 27.5 Å². The maximum Gasteiger partial charge on any atom is 0.337 e. The Morgan fingerprint density at radius 1 is 0.848 bits per heavy atom. The number of esters is 1. The molecule has 0 aliphatic heterocycles. The Morgan fingerprint density at radius 2 is 1.45 bits per heavy atom. The van der Waals surface area contributed by atoms with Crippen LogP contribution in [-0.2, 0) is 21.3 Å². The first kappa shape index (κ1) is 23.8. The minimum atomic E-state index is -3.81. The van der Waals surface area contributed by atoms with Crippen LogP contribution in [0.25, 0.3) is 0 Å². The van der Waals surface area contributed by atoms with Gasteiger partial charge in [-0.05, 0) is 73.2 Å². The zero-order valence-electron chi connectivity index (χ0n) is 18.2. The van der Waals surface area contributed by atoms with Gasteiger partial charge in [0.1, 0.15) is 5.75 Å². The van der Waals surface area contributed by atoms with Crippen molar-refractivity contribution in [1.82, 2.24) is 5.32 Å². The van der Waals surface area contributed by atoms with Crippen LogP contribution >= 0.6 is 0 Å². The van der Waals surface area contributed by atoms with Gasteiger partial charge in [-0.15, -0.1) is 0 Å². The number of nitrogens with one attached hydrogen (secondary N) is 2. The molecule has 0 saturated carbocycles. The maximum absolute atomic E-state index is 12.6. The van der Waals surface area contributed by atoms with Crippen LogP contribution in [0, 0.1) is 0 Å². The van der Waals surface area contributed by atoms with E-state index in [9.17, 15) is 18.0 Å². The van der Waals surface area contributed by atoms with E-state index >= 15 is 0 Å². The first-order valence-electron chi connectivity index (χ1n) is 10.1. The number of ether oxygens (including phenoxy) is 2. The fraction of sp³-hybridized carbons (Fsp3) is 0.167. The van der Waals surface area contributed by atoms with E-state index in [0.717, 1.165) is 5.56 Å². The van der Waals surface area contributed by atoms with E-state index in [4.69, 9.17) is 4.74 Å². The van der Waals surface area contributed by atoms with Gasteiger partial charge in [0.2, 0.25) is 0 Å². The van der Waals surface area contributed by atoms with Crippen LogP contribution in [0.3, 0.4) is 0 Å². The van der Waals surface area contributed by atoms with Crippen molar-refractivity contribution in [3.63, 3.8) is 0 Å². The average Bonchev–Trinajstić information content (AvgIpc) is 2.83. The number of amides is 1. The normalized spacial score (nSPS) is 10.8. The van der Waals surface area contributed by atoms with Gasteiger partial charge in [-0.1, -0.05) is 12.1 Å². The van der Waals surface area contributed by atoms with Crippen molar-refractivity contribution >= 4 is 27.6 Å². The minimum absolute atomic E-state index is 0.0336. The predicted octanol–water partition coefficient (Wildman–Crippen LogP) is 3.60. The molecule has 3 aromatic carbocycles. The highest BCUT2D eigenvalue weighted by Crippen LogP contribution is 2.20. The van der Waals surface area contributed by atoms with Gasteiger partial charge < -0.3 is 14.8 Å². The van der Waals surface area contributed by atoms with Gasteiger partial charge in [-0.25, -0.2) is 13.2 Å². The molecule has 0 bridgehead atoms. The average molecular weight is 469 g/mol. The predicted molar refractivity (Wildman–Crippen MR) is 124 cm³/mol. The lowest BCUT2D eigenvalue weighted by atomic mass is 10.1. The number of benzene rings is 3. The Bertz CT molecular complexity index is 1210. The van der Waals surface area contributed by atoms with Gasteiger partial charge in [-0.2, -0.15) is 0 Å². The summed E-state index contributed by atoms with van der Waals surface area (Å²) in [6.45, 7) is 2.64. The number of hydrogen-bond acceptors (Lipinski definition) is 6. The van der Waals surface area contributed by atoms with Crippen molar-refractivity contribution in [2.75, 3.05) is 18.4 Å². The van der Waals surface area contributed by atoms with Crippen LogP contribution in [0.2, 0.25) is 0 Å². The summed E-state index contributed by atoms with van der Waals surface area (Å²) in [4.78, 5) is 23.9. The molecule has 0 atom stereocenters. The molecular weight excluding hydrogens is 444 g/mol. The van der Waals surface area contributed by atoms with E-state index < -0.39 is 16.0 Å².